The van der Waals surface area contributed by atoms with Crippen LogP contribution in [0, 0.1) is 23.7 Å². The number of hydrogen-bond donors (Lipinski definition) is 0. The zero-order chi connectivity index (χ0) is 12.5. The van der Waals surface area contributed by atoms with Crippen molar-refractivity contribution in [3.05, 3.63) is 70.9 Å². The molecule has 2 atom stereocenters. The molecule has 0 spiro atoms. The van der Waals surface area contributed by atoms with E-state index in [1.54, 1.807) is 0 Å². The summed E-state index contributed by atoms with van der Waals surface area (Å²) < 4.78 is 0. The molecule has 4 aliphatic carbocycles. The molecular formula is C18H16. The highest BCUT2D eigenvalue weighted by Gasteiger charge is 2.36. The van der Waals surface area contributed by atoms with Crippen molar-refractivity contribution in [2.45, 2.75) is 13.8 Å². The van der Waals surface area contributed by atoms with Crippen LogP contribution in [0.1, 0.15) is 13.8 Å². The van der Waals surface area contributed by atoms with Crippen LogP contribution in [0.15, 0.2) is 70.9 Å². The van der Waals surface area contributed by atoms with E-state index in [4.69, 9.17) is 0 Å². The van der Waals surface area contributed by atoms with E-state index in [1.807, 2.05) is 13.8 Å². The van der Waals surface area contributed by atoms with Crippen LogP contribution in [0.5, 0.6) is 0 Å². The Hall–Kier alpha value is -2.00. The van der Waals surface area contributed by atoms with Crippen molar-refractivity contribution >= 4 is 0 Å². The van der Waals surface area contributed by atoms with E-state index in [0.717, 1.165) is 0 Å². The summed E-state index contributed by atoms with van der Waals surface area (Å²) in [5.74, 6) is 7.34. The summed E-state index contributed by atoms with van der Waals surface area (Å²) in [6.07, 6.45) is 17.5. The van der Waals surface area contributed by atoms with Crippen molar-refractivity contribution in [1.82, 2.24) is 0 Å². The van der Waals surface area contributed by atoms with Gasteiger partial charge in [0.2, 0.25) is 0 Å². The Labute approximate surface area is 109 Å². The number of hydrogen-bond acceptors (Lipinski definition) is 0. The first kappa shape index (κ1) is 11.1. The Morgan fingerprint density at radius 1 is 0.833 bits per heavy atom. The van der Waals surface area contributed by atoms with Crippen LogP contribution in [0.2, 0.25) is 0 Å². The van der Waals surface area contributed by atoms with Crippen molar-refractivity contribution in [3.63, 3.8) is 0 Å². The molecule has 0 aromatic rings. The van der Waals surface area contributed by atoms with E-state index in [9.17, 15) is 0 Å². The van der Waals surface area contributed by atoms with E-state index in [-0.39, 0.29) is 0 Å². The second kappa shape index (κ2) is 4.35. The number of allylic oxidation sites excluding steroid dienone is 12. The predicted molar refractivity (Wildman–Crippen MR) is 76.7 cm³/mol. The first-order valence-corrected chi connectivity index (χ1v) is 6.63. The maximum Gasteiger partial charge on any atom is 0.0285 e. The zero-order valence-electron chi connectivity index (χ0n) is 10.8. The fourth-order valence-electron chi connectivity index (χ4n) is 2.97. The van der Waals surface area contributed by atoms with E-state index in [1.165, 1.54) is 22.3 Å². The average molecular weight is 232 g/mol. The summed E-state index contributed by atoms with van der Waals surface area (Å²) in [6, 6.07) is 0. The maximum absolute atomic E-state index is 3.24. The van der Waals surface area contributed by atoms with Crippen LogP contribution >= 0.6 is 0 Å². The van der Waals surface area contributed by atoms with Gasteiger partial charge in [-0.15, -0.1) is 0 Å². The highest BCUT2D eigenvalue weighted by atomic mass is 14.4. The largest absolute Gasteiger partial charge is 0.0696 e. The fourth-order valence-corrected chi connectivity index (χ4v) is 2.97. The molecule has 0 heterocycles. The minimum atomic E-state index is 0.474. The van der Waals surface area contributed by atoms with Crippen LogP contribution in [-0.2, 0) is 0 Å². The van der Waals surface area contributed by atoms with Gasteiger partial charge in [0.15, 0.2) is 0 Å². The third kappa shape index (κ3) is 1.48. The van der Waals surface area contributed by atoms with Crippen molar-refractivity contribution in [3.8, 4) is 11.8 Å². The van der Waals surface area contributed by atoms with Gasteiger partial charge in [0, 0.05) is 17.4 Å². The molecule has 0 heteroatoms. The van der Waals surface area contributed by atoms with Crippen LogP contribution in [0.3, 0.4) is 0 Å². The second-order valence-corrected chi connectivity index (χ2v) is 4.52. The summed E-state index contributed by atoms with van der Waals surface area (Å²) >= 11 is 0. The molecule has 0 fully saturated rings. The molecule has 4 aliphatic rings. The molecule has 0 bridgehead atoms. The van der Waals surface area contributed by atoms with Crippen LogP contribution in [0.4, 0.5) is 0 Å². The maximum atomic E-state index is 3.24. The highest BCUT2D eigenvalue weighted by Crippen LogP contribution is 2.46. The highest BCUT2D eigenvalue weighted by molar-refractivity contribution is 5.62. The van der Waals surface area contributed by atoms with Gasteiger partial charge in [-0.2, -0.15) is 0 Å². The molecule has 18 heavy (non-hydrogen) atoms. The van der Waals surface area contributed by atoms with Gasteiger partial charge < -0.3 is 0 Å². The monoisotopic (exact) mass is 232 g/mol. The Morgan fingerprint density at radius 3 is 2.50 bits per heavy atom. The first-order chi connectivity index (χ1) is 8.93. The van der Waals surface area contributed by atoms with Crippen molar-refractivity contribution in [1.29, 1.82) is 0 Å². The zero-order valence-corrected chi connectivity index (χ0v) is 10.8. The lowest BCUT2D eigenvalue weighted by Gasteiger charge is -2.37. The van der Waals surface area contributed by atoms with Crippen molar-refractivity contribution < 1.29 is 0 Å². The van der Waals surface area contributed by atoms with Gasteiger partial charge in [-0.3, -0.25) is 0 Å². The fraction of sp³-hybridized carbons (Fsp3) is 0.222. The molecule has 4 rings (SSSR count). The van der Waals surface area contributed by atoms with Gasteiger partial charge in [-0.25, -0.2) is 0 Å². The molecule has 0 amide bonds. The Bertz CT molecular complexity index is 619. The summed E-state index contributed by atoms with van der Waals surface area (Å²) in [4.78, 5) is 0. The lowest BCUT2D eigenvalue weighted by atomic mass is 9.65. The molecule has 0 nitrogen and oxygen atoms in total. The van der Waals surface area contributed by atoms with Gasteiger partial charge in [0.25, 0.3) is 0 Å². The molecule has 0 saturated heterocycles. The van der Waals surface area contributed by atoms with Crippen LogP contribution < -0.4 is 0 Å². The van der Waals surface area contributed by atoms with E-state index in [2.05, 4.69) is 60.4 Å². The van der Waals surface area contributed by atoms with Gasteiger partial charge in [-0.1, -0.05) is 62.1 Å². The smallest absolute Gasteiger partial charge is 0.0285 e. The molecule has 0 aromatic carbocycles. The minimum absolute atomic E-state index is 0.474. The Kier molecular flexibility index (Phi) is 2.68. The summed E-state index contributed by atoms with van der Waals surface area (Å²) in [6.45, 7) is 4.00. The summed E-state index contributed by atoms with van der Waals surface area (Å²) in [5, 5.41) is 0. The van der Waals surface area contributed by atoms with Gasteiger partial charge in [-0.05, 0) is 28.9 Å². The lowest BCUT2D eigenvalue weighted by molar-refractivity contribution is 0.568. The quantitative estimate of drug-likeness (QED) is 0.551. The molecule has 88 valence electrons. The van der Waals surface area contributed by atoms with E-state index < -0.39 is 0 Å². The number of rotatable bonds is 0. The molecule has 0 saturated carbocycles. The average Bonchev–Trinajstić information content (AvgIpc) is 2.47. The minimum Gasteiger partial charge on any atom is -0.0696 e. The van der Waals surface area contributed by atoms with Crippen LogP contribution in [-0.4, -0.2) is 0 Å². The summed E-state index contributed by atoms with van der Waals surface area (Å²) in [5.41, 5.74) is 5.49. The molecule has 0 aliphatic heterocycles. The normalized spacial score (nSPS) is 28.3. The molecule has 2 unspecified atom stereocenters. The van der Waals surface area contributed by atoms with Crippen molar-refractivity contribution in [2.75, 3.05) is 0 Å². The third-order valence-corrected chi connectivity index (χ3v) is 3.70. The molecule has 0 radical (unpaired) electrons. The molecule has 0 N–H and O–H groups in total. The summed E-state index contributed by atoms with van der Waals surface area (Å²) in [7, 11) is 0. The Morgan fingerprint density at radius 2 is 1.61 bits per heavy atom. The Balaban J connectivity index is 0.000000478. The third-order valence-electron chi connectivity index (χ3n) is 3.70. The molecule has 0 aromatic heterocycles. The van der Waals surface area contributed by atoms with E-state index in [0.29, 0.717) is 11.8 Å². The lowest BCUT2D eigenvalue weighted by Crippen LogP contribution is -2.28. The second-order valence-electron chi connectivity index (χ2n) is 4.52. The van der Waals surface area contributed by atoms with Crippen molar-refractivity contribution in [2.24, 2.45) is 11.8 Å². The van der Waals surface area contributed by atoms with Crippen LogP contribution in [0.25, 0.3) is 0 Å². The van der Waals surface area contributed by atoms with Gasteiger partial charge >= 0.3 is 0 Å². The van der Waals surface area contributed by atoms with E-state index >= 15 is 0 Å². The predicted octanol–water partition coefficient (Wildman–Crippen LogP) is 4.12. The standard InChI is InChI=1S/C16H10.C2H6/c1-3-11-7-9-13-5-2-6-14-10-8-12(4-1)15(11)16(13)14;1-2/h1,3-5,7-10,15-16H;1-2H3. The SMILES string of the molecule is C1#CC2=CC=C3C=CC=C4C=CC(=C1)C2C43.CC. The van der Waals surface area contributed by atoms with Gasteiger partial charge in [0.05, 0.1) is 0 Å². The first-order valence-electron chi connectivity index (χ1n) is 6.63. The van der Waals surface area contributed by atoms with Gasteiger partial charge in [0.1, 0.15) is 0 Å². The molecular weight excluding hydrogens is 216 g/mol. The topological polar surface area (TPSA) is 0 Å².